The van der Waals surface area contributed by atoms with Crippen LogP contribution in [0.5, 0.6) is 5.75 Å². The summed E-state index contributed by atoms with van der Waals surface area (Å²) in [6.45, 7) is 5.20. The minimum absolute atomic E-state index is 0.0822. The average molecular weight is 328 g/mol. The number of benzene rings is 1. The number of likely N-dealkylation sites (tertiary alicyclic amines) is 1. The lowest BCUT2D eigenvalue weighted by Gasteiger charge is -2.39. The number of rotatable bonds is 2. The van der Waals surface area contributed by atoms with Crippen molar-refractivity contribution in [3.05, 3.63) is 27.7 Å². The van der Waals surface area contributed by atoms with Crippen molar-refractivity contribution >= 4 is 29.0 Å². The van der Waals surface area contributed by atoms with E-state index in [0.29, 0.717) is 28.0 Å². The summed E-state index contributed by atoms with van der Waals surface area (Å²) in [5.74, 6) is 0.556. The van der Waals surface area contributed by atoms with Gasteiger partial charge in [0.1, 0.15) is 12.4 Å². The first kappa shape index (κ1) is 15.1. The van der Waals surface area contributed by atoms with E-state index < -0.39 is 5.41 Å². The van der Waals surface area contributed by atoms with E-state index in [2.05, 4.69) is 4.90 Å². The molecule has 1 atom stereocenters. The predicted molar refractivity (Wildman–Crippen MR) is 84.7 cm³/mol. The second-order valence-electron chi connectivity index (χ2n) is 6.28. The monoisotopic (exact) mass is 327 g/mol. The number of ketones is 1. The fourth-order valence-corrected chi connectivity index (χ4v) is 3.77. The number of carbonyl (C=O) groups excluding carboxylic acids is 1. The molecule has 1 saturated heterocycles. The second-order valence-corrected chi connectivity index (χ2v) is 7.12. The van der Waals surface area contributed by atoms with Gasteiger partial charge in [-0.3, -0.25) is 4.79 Å². The summed E-state index contributed by atoms with van der Waals surface area (Å²) in [6, 6.07) is 3.28. The van der Waals surface area contributed by atoms with Crippen molar-refractivity contribution in [1.29, 1.82) is 0 Å². The van der Waals surface area contributed by atoms with E-state index in [1.165, 1.54) is 19.3 Å². The highest BCUT2D eigenvalue weighted by molar-refractivity contribution is 6.36. The molecular formula is C16H19Cl2NO2. The predicted octanol–water partition coefficient (Wildman–Crippen LogP) is 4.06. The smallest absolute Gasteiger partial charge is 0.177 e. The molecule has 0 unspecified atom stereocenters. The van der Waals surface area contributed by atoms with E-state index in [9.17, 15) is 4.79 Å². The van der Waals surface area contributed by atoms with Gasteiger partial charge < -0.3 is 9.64 Å². The van der Waals surface area contributed by atoms with Crippen LogP contribution in [0.1, 0.15) is 36.5 Å². The number of nitrogens with zero attached hydrogens (tertiary/aromatic N) is 1. The Hall–Kier alpha value is -0.770. The van der Waals surface area contributed by atoms with Crippen molar-refractivity contribution in [3.63, 3.8) is 0 Å². The van der Waals surface area contributed by atoms with Gasteiger partial charge in [-0.15, -0.1) is 0 Å². The number of piperidine rings is 1. The summed E-state index contributed by atoms with van der Waals surface area (Å²) in [4.78, 5) is 15.3. The summed E-state index contributed by atoms with van der Waals surface area (Å²) in [5, 5.41) is 0.879. The van der Waals surface area contributed by atoms with Crippen LogP contribution in [0, 0.1) is 5.41 Å². The molecule has 3 nitrogen and oxygen atoms in total. The highest BCUT2D eigenvalue weighted by Gasteiger charge is 2.42. The van der Waals surface area contributed by atoms with E-state index in [-0.39, 0.29) is 5.78 Å². The van der Waals surface area contributed by atoms with Crippen LogP contribution >= 0.6 is 23.2 Å². The molecule has 5 heteroatoms. The molecule has 2 heterocycles. The molecule has 0 saturated carbocycles. The summed E-state index contributed by atoms with van der Waals surface area (Å²) >= 11 is 12.2. The molecular weight excluding hydrogens is 309 g/mol. The van der Waals surface area contributed by atoms with Gasteiger partial charge in [0.15, 0.2) is 5.78 Å². The number of hydrogen-bond donors (Lipinski definition) is 0. The van der Waals surface area contributed by atoms with Crippen LogP contribution in [-0.2, 0) is 0 Å². The largest absolute Gasteiger partial charge is 0.490 e. The van der Waals surface area contributed by atoms with Crippen molar-refractivity contribution in [1.82, 2.24) is 4.90 Å². The molecule has 0 spiro atoms. The average Bonchev–Trinajstić information content (AvgIpc) is 2.44. The Morgan fingerprint density at radius 3 is 2.67 bits per heavy atom. The number of Topliss-reactive ketones (excluding diaryl/α,β-unsaturated/α-hetero) is 1. The fourth-order valence-electron chi connectivity index (χ4n) is 3.23. The molecule has 1 aromatic carbocycles. The Kier molecular flexibility index (Phi) is 4.17. The number of ether oxygens (including phenoxy) is 1. The van der Waals surface area contributed by atoms with Crippen LogP contribution in [0.25, 0.3) is 0 Å². The standard InChI is InChI=1S/C16H19Cl2NO2/c1-16(9-19-5-3-2-4-6-19)10-21-14-12(15(16)20)7-11(17)8-13(14)18/h7-8H,2-6,9-10H2,1H3/t16-/m0/s1. The first-order chi connectivity index (χ1) is 9.99. The van der Waals surface area contributed by atoms with Gasteiger partial charge in [-0.2, -0.15) is 0 Å². The van der Waals surface area contributed by atoms with Crippen LogP contribution in [0.2, 0.25) is 10.0 Å². The van der Waals surface area contributed by atoms with Crippen molar-refractivity contribution in [2.75, 3.05) is 26.2 Å². The van der Waals surface area contributed by atoms with Crippen LogP contribution in [0.3, 0.4) is 0 Å². The molecule has 2 aliphatic rings. The Morgan fingerprint density at radius 1 is 1.24 bits per heavy atom. The van der Waals surface area contributed by atoms with Gasteiger partial charge in [-0.05, 0) is 45.0 Å². The van der Waals surface area contributed by atoms with Gasteiger partial charge in [0.05, 0.1) is 16.0 Å². The maximum Gasteiger partial charge on any atom is 0.177 e. The minimum Gasteiger partial charge on any atom is -0.490 e. The normalized spacial score (nSPS) is 26.3. The SMILES string of the molecule is C[C@]1(CN2CCCCC2)COc2c(Cl)cc(Cl)cc2C1=O. The fraction of sp³-hybridized carbons (Fsp3) is 0.562. The summed E-state index contributed by atoms with van der Waals surface area (Å²) in [7, 11) is 0. The molecule has 2 aliphatic heterocycles. The maximum absolute atomic E-state index is 12.9. The van der Waals surface area contributed by atoms with Crippen LogP contribution in [0.15, 0.2) is 12.1 Å². The van der Waals surface area contributed by atoms with Gasteiger partial charge in [0.2, 0.25) is 0 Å². The molecule has 0 radical (unpaired) electrons. The van der Waals surface area contributed by atoms with Crippen molar-refractivity contribution in [3.8, 4) is 5.75 Å². The topological polar surface area (TPSA) is 29.5 Å². The number of halogens is 2. The van der Waals surface area contributed by atoms with Gasteiger partial charge in [0, 0.05) is 11.6 Å². The minimum atomic E-state index is -0.529. The zero-order chi connectivity index (χ0) is 15.0. The molecule has 1 aromatic rings. The van der Waals surface area contributed by atoms with E-state index in [1.54, 1.807) is 12.1 Å². The lowest BCUT2D eigenvalue weighted by molar-refractivity contribution is 0.0495. The van der Waals surface area contributed by atoms with E-state index in [1.807, 2.05) is 6.92 Å². The third kappa shape index (κ3) is 2.92. The maximum atomic E-state index is 12.9. The van der Waals surface area contributed by atoms with Crippen LogP contribution in [-0.4, -0.2) is 36.9 Å². The van der Waals surface area contributed by atoms with Gasteiger partial charge in [-0.1, -0.05) is 29.6 Å². The van der Waals surface area contributed by atoms with Crippen LogP contribution in [0.4, 0.5) is 0 Å². The molecule has 21 heavy (non-hydrogen) atoms. The first-order valence-electron chi connectivity index (χ1n) is 7.39. The third-order valence-electron chi connectivity index (χ3n) is 4.36. The third-order valence-corrected chi connectivity index (χ3v) is 4.86. The van der Waals surface area contributed by atoms with E-state index in [0.717, 1.165) is 19.6 Å². The zero-order valence-electron chi connectivity index (χ0n) is 12.1. The molecule has 0 bridgehead atoms. The van der Waals surface area contributed by atoms with Crippen molar-refractivity contribution in [2.45, 2.75) is 26.2 Å². The Bertz CT molecular complexity index is 570. The lowest BCUT2D eigenvalue weighted by Crippen LogP contribution is -2.48. The quantitative estimate of drug-likeness (QED) is 0.820. The van der Waals surface area contributed by atoms with Crippen molar-refractivity contribution < 1.29 is 9.53 Å². The van der Waals surface area contributed by atoms with Gasteiger partial charge in [0.25, 0.3) is 0 Å². The summed E-state index contributed by atoms with van der Waals surface area (Å²) < 4.78 is 5.80. The number of carbonyl (C=O) groups is 1. The zero-order valence-corrected chi connectivity index (χ0v) is 13.6. The van der Waals surface area contributed by atoms with E-state index >= 15 is 0 Å². The second kappa shape index (κ2) is 5.79. The van der Waals surface area contributed by atoms with Crippen molar-refractivity contribution in [2.24, 2.45) is 5.41 Å². The molecule has 0 amide bonds. The molecule has 1 fully saturated rings. The summed E-state index contributed by atoms with van der Waals surface area (Å²) in [5.41, 5.74) is -0.0171. The Morgan fingerprint density at radius 2 is 1.95 bits per heavy atom. The van der Waals surface area contributed by atoms with E-state index in [4.69, 9.17) is 27.9 Å². The molecule has 0 N–H and O–H groups in total. The van der Waals surface area contributed by atoms with Crippen LogP contribution < -0.4 is 4.74 Å². The molecule has 0 aromatic heterocycles. The number of fused-ring (bicyclic) bond motifs is 1. The summed E-state index contributed by atoms with van der Waals surface area (Å²) in [6.07, 6.45) is 3.70. The number of hydrogen-bond acceptors (Lipinski definition) is 3. The highest BCUT2D eigenvalue weighted by atomic mass is 35.5. The molecule has 3 rings (SSSR count). The Labute approximate surface area is 135 Å². The first-order valence-corrected chi connectivity index (χ1v) is 8.14. The highest BCUT2D eigenvalue weighted by Crippen LogP contribution is 2.41. The lowest BCUT2D eigenvalue weighted by atomic mass is 9.80. The van der Waals surface area contributed by atoms with Gasteiger partial charge >= 0.3 is 0 Å². The van der Waals surface area contributed by atoms with Gasteiger partial charge in [-0.25, -0.2) is 0 Å². The Balaban J connectivity index is 1.86. The molecule has 0 aliphatic carbocycles. The molecule has 114 valence electrons.